The Kier molecular flexibility index (Phi) is 4.08. The van der Waals surface area contributed by atoms with Crippen LogP contribution in [0, 0.1) is 12.3 Å². The van der Waals surface area contributed by atoms with E-state index in [4.69, 9.17) is 0 Å². The fraction of sp³-hybridized carbons (Fsp3) is 0.727. The topological polar surface area (TPSA) is 24.9 Å². The molecule has 0 aromatic carbocycles. The smallest absolute Gasteiger partial charge is 0.0896 e. The van der Waals surface area contributed by atoms with Gasteiger partial charge in [-0.2, -0.15) is 0 Å². The van der Waals surface area contributed by atoms with Crippen LogP contribution in [0.4, 0.5) is 0 Å². The normalized spacial score (nSPS) is 12.0. The first-order valence-electron chi connectivity index (χ1n) is 5.09. The van der Waals surface area contributed by atoms with E-state index in [1.165, 1.54) is 4.88 Å². The largest absolute Gasteiger partial charge is 0.316 e. The van der Waals surface area contributed by atoms with Gasteiger partial charge in [-0.15, -0.1) is 11.3 Å². The Hall–Kier alpha value is -0.410. The van der Waals surface area contributed by atoms with Crippen LogP contribution in [-0.4, -0.2) is 18.1 Å². The summed E-state index contributed by atoms with van der Waals surface area (Å²) >= 11 is 1.79. The van der Waals surface area contributed by atoms with E-state index < -0.39 is 0 Å². The van der Waals surface area contributed by atoms with Gasteiger partial charge in [0.25, 0.3) is 0 Å². The predicted octanol–water partition coefficient (Wildman–Crippen LogP) is 2.63. The molecule has 0 aliphatic carbocycles. The maximum absolute atomic E-state index is 4.23. The van der Waals surface area contributed by atoms with Crippen molar-refractivity contribution < 1.29 is 0 Å². The average molecular weight is 212 g/mol. The Balaban J connectivity index is 2.16. The number of nitrogens with one attached hydrogen (secondary N) is 1. The molecule has 0 spiro atoms. The molecule has 80 valence electrons. The Labute approximate surface area is 90.8 Å². The van der Waals surface area contributed by atoms with E-state index in [2.05, 4.69) is 38.0 Å². The molecule has 0 amide bonds. The van der Waals surface area contributed by atoms with Gasteiger partial charge in [0.1, 0.15) is 0 Å². The lowest BCUT2D eigenvalue weighted by Crippen LogP contribution is -2.28. The van der Waals surface area contributed by atoms with Gasteiger partial charge in [0.05, 0.1) is 5.01 Å². The zero-order valence-corrected chi connectivity index (χ0v) is 10.4. The molecule has 0 bridgehead atoms. The molecule has 1 N–H and O–H groups in total. The monoisotopic (exact) mass is 212 g/mol. The van der Waals surface area contributed by atoms with Crippen molar-refractivity contribution in [1.82, 2.24) is 10.3 Å². The van der Waals surface area contributed by atoms with Gasteiger partial charge in [-0.3, -0.25) is 0 Å². The molecule has 0 aliphatic rings. The number of rotatable bonds is 4. The third-order valence-corrected chi connectivity index (χ3v) is 2.85. The molecule has 0 atom stereocenters. The lowest BCUT2D eigenvalue weighted by atomic mass is 9.97. The zero-order valence-electron chi connectivity index (χ0n) is 9.55. The third-order valence-electron chi connectivity index (χ3n) is 1.87. The number of hydrogen-bond donors (Lipinski definition) is 1. The number of thiazole rings is 1. The second-order valence-electron chi connectivity index (χ2n) is 4.83. The van der Waals surface area contributed by atoms with Gasteiger partial charge in [0.15, 0.2) is 0 Å². The van der Waals surface area contributed by atoms with Crippen LogP contribution < -0.4 is 5.32 Å². The van der Waals surface area contributed by atoms with Gasteiger partial charge in [-0.25, -0.2) is 4.98 Å². The van der Waals surface area contributed by atoms with Crippen molar-refractivity contribution in [2.24, 2.45) is 5.41 Å². The third kappa shape index (κ3) is 4.72. The molecular weight excluding hydrogens is 192 g/mol. The van der Waals surface area contributed by atoms with E-state index in [-0.39, 0.29) is 0 Å². The van der Waals surface area contributed by atoms with E-state index in [1.54, 1.807) is 11.3 Å². The highest BCUT2D eigenvalue weighted by molar-refractivity contribution is 7.11. The molecule has 1 rings (SSSR count). The molecule has 2 nitrogen and oxygen atoms in total. The average Bonchev–Trinajstić information content (AvgIpc) is 2.44. The lowest BCUT2D eigenvalue weighted by Gasteiger charge is -2.18. The van der Waals surface area contributed by atoms with Crippen molar-refractivity contribution in [2.45, 2.75) is 34.1 Å². The zero-order chi connectivity index (χ0) is 10.6. The minimum atomic E-state index is 0.379. The molecule has 1 aromatic rings. The Morgan fingerprint density at radius 1 is 1.43 bits per heavy atom. The van der Waals surface area contributed by atoms with Crippen LogP contribution in [0.15, 0.2) is 6.20 Å². The Morgan fingerprint density at radius 3 is 2.64 bits per heavy atom. The van der Waals surface area contributed by atoms with Gasteiger partial charge in [0.2, 0.25) is 0 Å². The summed E-state index contributed by atoms with van der Waals surface area (Å²) in [6, 6.07) is 0. The van der Waals surface area contributed by atoms with Crippen LogP contribution in [0.2, 0.25) is 0 Å². The fourth-order valence-corrected chi connectivity index (χ4v) is 1.99. The van der Waals surface area contributed by atoms with Crippen LogP contribution in [0.1, 0.15) is 30.7 Å². The molecule has 3 heteroatoms. The second kappa shape index (κ2) is 4.89. The standard InChI is InChI=1S/C11H20N2S/c1-9-13-7-10(14-9)5-6-12-8-11(2,3)4/h7,12H,5-6,8H2,1-4H3. The first-order valence-corrected chi connectivity index (χ1v) is 5.91. The lowest BCUT2D eigenvalue weighted by molar-refractivity contribution is 0.382. The quantitative estimate of drug-likeness (QED) is 0.776. The highest BCUT2D eigenvalue weighted by Crippen LogP contribution is 2.12. The van der Waals surface area contributed by atoms with Gasteiger partial charge < -0.3 is 5.32 Å². The summed E-state index contributed by atoms with van der Waals surface area (Å²) in [6.45, 7) is 10.9. The van der Waals surface area contributed by atoms with Crippen LogP contribution in [-0.2, 0) is 6.42 Å². The molecule has 0 radical (unpaired) electrons. The number of nitrogens with zero attached hydrogens (tertiary/aromatic N) is 1. The molecule has 0 fully saturated rings. The number of aryl methyl sites for hydroxylation is 1. The summed E-state index contributed by atoms with van der Waals surface area (Å²) < 4.78 is 0. The van der Waals surface area contributed by atoms with Crippen LogP contribution >= 0.6 is 11.3 Å². The Morgan fingerprint density at radius 2 is 2.14 bits per heavy atom. The summed E-state index contributed by atoms with van der Waals surface area (Å²) in [7, 11) is 0. The molecule has 1 heterocycles. The minimum absolute atomic E-state index is 0.379. The van der Waals surface area contributed by atoms with E-state index in [1.807, 2.05) is 6.20 Å². The van der Waals surface area contributed by atoms with Crippen LogP contribution in [0.3, 0.4) is 0 Å². The van der Waals surface area contributed by atoms with Crippen molar-refractivity contribution in [1.29, 1.82) is 0 Å². The van der Waals surface area contributed by atoms with Crippen molar-refractivity contribution in [2.75, 3.05) is 13.1 Å². The second-order valence-corrected chi connectivity index (χ2v) is 6.15. The number of aromatic nitrogens is 1. The van der Waals surface area contributed by atoms with Crippen molar-refractivity contribution in [3.63, 3.8) is 0 Å². The summed E-state index contributed by atoms with van der Waals surface area (Å²) in [5.41, 5.74) is 0.379. The fourth-order valence-electron chi connectivity index (χ4n) is 1.20. The Bertz CT molecular complexity index is 273. The summed E-state index contributed by atoms with van der Waals surface area (Å²) in [5, 5.41) is 4.62. The van der Waals surface area contributed by atoms with Crippen molar-refractivity contribution in [3.8, 4) is 0 Å². The summed E-state index contributed by atoms with van der Waals surface area (Å²) in [6.07, 6.45) is 3.08. The van der Waals surface area contributed by atoms with E-state index >= 15 is 0 Å². The predicted molar refractivity (Wildman–Crippen MR) is 62.9 cm³/mol. The summed E-state index contributed by atoms with van der Waals surface area (Å²) in [5.74, 6) is 0. The molecule has 14 heavy (non-hydrogen) atoms. The maximum Gasteiger partial charge on any atom is 0.0896 e. The SMILES string of the molecule is Cc1ncc(CCNCC(C)(C)C)s1. The first kappa shape index (κ1) is 11.7. The summed E-state index contributed by atoms with van der Waals surface area (Å²) in [4.78, 5) is 5.61. The van der Waals surface area contributed by atoms with Gasteiger partial charge in [-0.05, 0) is 18.8 Å². The highest BCUT2D eigenvalue weighted by Gasteiger charge is 2.08. The molecule has 0 unspecified atom stereocenters. The maximum atomic E-state index is 4.23. The molecule has 0 saturated carbocycles. The molecular formula is C11H20N2S. The molecule has 0 saturated heterocycles. The van der Waals surface area contributed by atoms with Crippen molar-refractivity contribution in [3.05, 3.63) is 16.1 Å². The number of hydrogen-bond acceptors (Lipinski definition) is 3. The van der Waals surface area contributed by atoms with E-state index in [0.717, 1.165) is 24.5 Å². The van der Waals surface area contributed by atoms with E-state index in [0.29, 0.717) is 5.41 Å². The first-order chi connectivity index (χ1) is 6.47. The van der Waals surface area contributed by atoms with Crippen molar-refractivity contribution >= 4 is 11.3 Å². The van der Waals surface area contributed by atoms with Gasteiger partial charge in [0, 0.05) is 24.2 Å². The molecule has 1 aromatic heterocycles. The van der Waals surface area contributed by atoms with Gasteiger partial charge >= 0.3 is 0 Å². The van der Waals surface area contributed by atoms with Gasteiger partial charge in [-0.1, -0.05) is 20.8 Å². The minimum Gasteiger partial charge on any atom is -0.316 e. The van der Waals surface area contributed by atoms with Crippen LogP contribution in [0.5, 0.6) is 0 Å². The van der Waals surface area contributed by atoms with Crippen LogP contribution in [0.25, 0.3) is 0 Å². The van der Waals surface area contributed by atoms with E-state index in [9.17, 15) is 0 Å². The highest BCUT2D eigenvalue weighted by atomic mass is 32.1. The molecule has 0 aliphatic heterocycles.